The minimum atomic E-state index is 0.0260. The molecule has 0 saturated carbocycles. The fourth-order valence-corrected chi connectivity index (χ4v) is 3.55. The van der Waals surface area contributed by atoms with Gasteiger partial charge in [0.15, 0.2) is 5.65 Å². The van der Waals surface area contributed by atoms with Crippen LogP contribution in [0.5, 0.6) is 0 Å². The molecule has 3 aromatic heterocycles. The van der Waals surface area contributed by atoms with E-state index >= 15 is 0 Å². The summed E-state index contributed by atoms with van der Waals surface area (Å²) in [5.74, 6) is 0.892. The molecule has 0 unspecified atom stereocenters. The number of pyridine rings is 1. The molecule has 0 amide bonds. The van der Waals surface area contributed by atoms with Crippen molar-refractivity contribution in [1.29, 1.82) is 0 Å². The molecular formula is C21H19N5O. The van der Waals surface area contributed by atoms with Gasteiger partial charge >= 0.3 is 0 Å². The van der Waals surface area contributed by atoms with Crippen LogP contribution in [0.15, 0.2) is 67.1 Å². The normalized spacial score (nSPS) is 16.2. The van der Waals surface area contributed by atoms with Gasteiger partial charge in [-0.15, -0.1) is 0 Å². The molecule has 5 rings (SSSR count). The summed E-state index contributed by atoms with van der Waals surface area (Å²) in [7, 11) is 0. The Morgan fingerprint density at radius 3 is 2.89 bits per heavy atom. The highest BCUT2D eigenvalue weighted by Gasteiger charge is 2.20. The van der Waals surface area contributed by atoms with Crippen molar-refractivity contribution < 1.29 is 4.74 Å². The standard InChI is InChI=1S/C21H19N5O/c1-2-4-17-15(3-1)8-12-27-19(17)14-23-21-13-18(16-5-9-22-10-6-16)25-20-7-11-24-26(20)21/h1-7,9-11,13,19,23H,8,12,14H2/t19-/m0/s1. The lowest BCUT2D eigenvalue weighted by Gasteiger charge is -2.26. The summed E-state index contributed by atoms with van der Waals surface area (Å²) in [5.41, 5.74) is 5.34. The second-order valence-corrected chi connectivity index (χ2v) is 6.55. The van der Waals surface area contributed by atoms with Gasteiger partial charge in [-0.25, -0.2) is 4.98 Å². The second-order valence-electron chi connectivity index (χ2n) is 6.55. The Kier molecular flexibility index (Phi) is 4.03. The number of hydrogen-bond acceptors (Lipinski definition) is 5. The van der Waals surface area contributed by atoms with Gasteiger partial charge in [-0.1, -0.05) is 24.3 Å². The molecule has 27 heavy (non-hydrogen) atoms. The lowest BCUT2D eigenvalue weighted by molar-refractivity contribution is 0.0513. The first-order valence-electron chi connectivity index (χ1n) is 9.07. The minimum Gasteiger partial charge on any atom is -0.371 e. The first kappa shape index (κ1) is 16.0. The maximum absolute atomic E-state index is 6.02. The predicted molar refractivity (Wildman–Crippen MR) is 104 cm³/mol. The van der Waals surface area contributed by atoms with Crippen molar-refractivity contribution in [1.82, 2.24) is 19.6 Å². The van der Waals surface area contributed by atoms with Crippen LogP contribution in [0.3, 0.4) is 0 Å². The molecule has 1 aliphatic rings. The maximum atomic E-state index is 6.02. The highest BCUT2D eigenvalue weighted by Crippen LogP contribution is 2.28. The zero-order valence-electron chi connectivity index (χ0n) is 14.7. The van der Waals surface area contributed by atoms with Gasteiger partial charge < -0.3 is 10.1 Å². The lowest BCUT2D eigenvalue weighted by atomic mass is 9.97. The summed E-state index contributed by atoms with van der Waals surface area (Å²) in [6.07, 6.45) is 6.31. The van der Waals surface area contributed by atoms with Crippen molar-refractivity contribution in [3.8, 4) is 11.3 Å². The number of fused-ring (bicyclic) bond motifs is 2. The maximum Gasteiger partial charge on any atom is 0.157 e. The van der Waals surface area contributed by atoms with E-state index in [1.165, 1.54) is 11.1 Å². The van der Waals surface area contributed by atoms with Crippen molar-refractivity contribution >= 4 is 11.5 Å². The molecule has 1 aromatic carbocycles. The minimum absolute atomic E-state index is 0.0260. The Hall–Kier alpha value is -3.25. The van der Waals surface area contributed by atoms with E-state index in [1.807, 2.05) is 28.8 Å². The van der Waals surface area contributed by atoms with Gasteiger partial charge in [0.05, 0.1) is 24.6 Å². The Morgan fingerprint density at radius 2 is 1.96 bits per heavy atom. The van der Waals surface area contributed by atoms with E-state index in [0.29, 0.717) is 6.54 Å². The van der Waals surface area contributed by atoms with E-state index in [1.54, 1.807) is 18.6 Å². The summed E-state index contributed by atoms with van der Waals surface area (Å²) in [6, 6.07) is 16.3. The Bertz CT molecular complexity index is 1080. The highest BCUT2D eigenvalue weighted by molar-refractivity contribution is 5.66. The van der Waals surface area contributed by atoms with Crippen LogP contribution < -0.4 is 5.32 Å². The van der Waals surface area contributed by atoms with Crippen LogP contribution in [0, 0.1) is 0 Å². The van der Waals surface area contributed by atoms with E-state index in [9.17, 15) is 0 Å². The molecule has 0 spiro atoms. The third-order valence-electron chi connectivity index (χ3n) is 4.90. The number of anilines is 1. The van der Waals surface area contributed by atoms with Gasteiger partial charge in [-0.3, -0.25) is 4.98 Å². The first-order chi connectivity index (χ1) is 13.4. The molecule has 0 aliphatic carbocycles. The van der Waals surface area contributed by atoms with Gasteiger partial charge in [0.1, 0.15) is 5.82 Å². The predicted octanol–water partition coefficient (Wildman–Crippen LogP) is 3.52. The van der Waals surface area contributed by atoms with E-state index in [0.717, 1.165) is 35.8 Å². The molecule has 6 nitrogen and oxygen atoms in total. The van der Waals surface area contributed by atoms with Crippen LogP contribution in [0.25, 0.3) is 16.9 Å². The summed E-state index contributed by atoms with van der Waals surface area (Å²) in [5, 5.41) is 7.91. The number of aromatic nitrogens is 4. The number of benzene rings is 1. The number of nitrogens with one attached hydrogen (secondary N) is 1. The average molecular weight is 357 g/mol. The quantitative estimate of drug-likeness (QED) is 0.605. The number of ether oxygens (including phenoxy) is 1. The Balaban J connectivity index is 1.46. The zero-order valence-corrected chi connectivity index (χ0v) is 14.7. The van der Waals surface area contributed by atoms with Crippen molar-refractivity contribution in [3.05, 3.63) is 78.2 Å². The second kappa shape index (κ2) is 6.81. The fraction of sp³-hybridized carbons (Fsp3) is 0.190. The molecule has 0 saturated heterocycles. The first-order valence-corrected chi connectivity index (χ1v) is 9.07. The molecule has 1 N–H and O–H groups in total. The molecule has 4 aromatic rings. The molecule has 0 radical (unpaired) electrons. The van der Waals surface area contributed by atoms with E-state index in [-0.39, 0.29) is 6.10 Å². The largest absolute Gasteiger partial charge is 0.371 e. The number of hydrogen-bond donors (Lipinski definition) is 1. The van der Waals surface area contributed by atoms with Gasteiger partial charge in [0.2, 0.25) is 0 Å². The molecule has 1 atom stereocenters. The van der Waals surface area contributed by atoms with Crippen LogP contribution in [0.4, 0.5) is 5.82 Å². The summed E-state index contributed by atoms with van der Waals surface area (Å²) >= 11 is 0. The van der Waals surface area contributed by atoms with Crippen LogP contribution in [0.1, 0.15) is 17.2 Å². The zero-order chi connectivity index (χ0) is 18.1. The molecular weight excluding hydrogens is 338 g/mol. The lowest BCUT2D eigenvalue weighted by Crippen LogP contribution is -2.23. The van der Waals surface area contributed by atoms with Gasteiger partial charge in [-0.2, -0.15) is 9.61 Å². The molecule has 0 bridgehead atoms. The Morgan fingerprint density at radius 1 is 1.07 bits per heavy atom. The van der Waals surface area contributed by atoms with E-state index in [2.05, 4.69) is 39.7 Å². The van der Waals surface area contributed by atoms with Crippen molar-refractivity contribution in [2.75, 3.05) is 18.5 Å². The smallest absolute Gasteiger partial charge is 0.157 e. The monoisotopic (exact) mass is 357 g/mol. The fourth-order valence-electron chi connectivity index (χ4n) is 3.55. The van der Waals surface area contributed by atoms with Crippen LogP contribution in [0.2, 0.25) is 0 Å². The molecule has 134 valence electrons. The Labute approximate surface area is 156 Å². The number of nitrogens with zero attached hydrogens (tertiary/aromatic N) is 4. The third kappa shape index (κ3) is 3.04. The van der Waals surface area contributed by atoms with Crippen LogP contribution >= 0.6 is 0 Å². The highest BCUT2D eigenvalue weighted by atomic mass is 16.5. The third-order valence-corrected chi connectivity index (χ3v) is 4.90. The summed E-state index contributed by atoms with van der Waals surface area (Å²) in [6.45, 7) is 1.42. The summed E-state index contributed by atoms with van der Waals surface area (Å²) in [4.78, 5) is 8.79. The molecule has 0 fully saturated rings. The van der Waals surface area contributed by atoms with Crippen LogP contribution in [-0.2, 0) is 11.2 Å². The average Bonchev–Trinajstić information content (AvgIpc) is 3.21. The van der Waals surface area contributed by atoms with E-state index < -0.39 is 0 Å². The van der Waals surface area contributed by atoms with Crippen LogP contribution in [-0.4, -0.2) is 32.7 Å². The molecule has 1 aliphatic heterocycles. The van der Waals surface area contributed by atoms with Crippen molar-refractivity contribution in [2.24, 2.45) is 0 Å². The van der Waals surface area contributed by atoms with Crippen molar-refractivity contribution in [2.45, 2.75) is 12.5 Å². The van der Waals surface area contributed by atoms with Gasteiger partial charge in [0, 0.05) is 36.6 Å². The number of rotatable bonds is 4. The van der Waals surface area contributed by atoms with E-state index in [4.69, 9.17) is 9.72 Å². The molecule has 4 heterocycles. The van der Waals surface area contributed by atoms with Gasteiger partial charge in [-0.05, 0) is 29.7 Å². The SMILES string of the molecule is c1ccc2c(c1)CCO[C@H]2CNc1cc(-c2ccncc2)nc2ccnn12. The van der Waals surface area contributed by atoms with Crippen molar-refractivity contribution in [3.63, 3.8) is 0 Å². The molecule has 6 heteroatoms. The van der Waals surface area contributed by atoms with Gasteiger partial charge in [0.25, 0.3) is 0 Å². The topological polar surface area (TPSA) is 64.3 Å². The summed E-state index contributed by atoms with van der Waals surface area (Å²) < 4.78 is 7.84.